The second kappa shape index (κ2) is 4.45. The first-order valence-electron chi connectivity index (χ1n) is 5.54. The van der Waals surface area contributed by atoms with Crippen molar-refractivity contribution in [2.45, 2.75) is 33.6 Å². The third-order valence-electron chi connectivity index (χ3n) is 2.63. The van der Waals surface area contributed by atoms with Crippen LogP contribution in [0.2, 0.25) is 5.15 Å². The van der Waals surface area contributed by atoms with Crippen molar-refractivity contribution in [3.63, 3.8) is 0 Å². The van der Waals surface area contributed by atoms with E-state index in [4.69, 9.17) is 11.6 Å². The number of aryl methyl sites for hydroxylation is 2. The summed E-state index contributed by atoms with van der Waals surface area (Å²) in [5, 5.41) is 5.07. The minimum absolute atomic E-state index is 0.346. The number of hydrogen-bond acceptors (Lipinski definition) is 3. The summed E-state index contributed by atoms with van der Waals surface area (Å²) in [6.07, 6.45) is 1.52. The van der Waals surface area contributed by atoms with Crippen molar-refractivity contribution >= 4 is 11.6 Å². The van der Waals surface area contributed by atoms with E-state index in [0.29, 0.717) is 16.9 Å². The van der Waals surface area contributed by atoms with Crippen LogP contribution in [0.1, 0.15) is 36.7 Å². The van der Waals surface area contributed by atoms with Crippen molar-refractivity contribution < 1.29 is 0 Å². The van der Waals surface area contributed by atoms with Gasteiger partial charge in [-0.2, -0.15) is 5.10 Å². The van der Waals surface area contributed by atoms with Crippen LogP contribution in [-0.2, 0) is 0 Å². The Morgan fingerprint density at radius 3 is 2.47 bits per heavy atom. The van der Waals surface area contributed by atoms with Gasteiger partial charge in [-0.25, -0.2) is 14.6 Å². The smallest absolute Gasteiger partial charge is 0.158 e. The highest BCUT2D eigenvalue weighted by atomic mass is 35.5. The van der Waals surface area contributed by atoms with Crippen LogP contribution in [0, 0.1) is 13.8 Å². The molecule has 0 saturated heterocycles. The van der Waals surface area contributed by atoms with Crippen molar-refractivity contribution in [3.05, 3.63) is 34.5 Å². The molecule has 4 nitrogen and oxygen atoms in total. The van der Waals surface area contributed by atoms with Crippen LogP contribution < -0.4 is 0 Å². The molecule has 2 rings (SSSR count). The van der Waals surface area contributed by atoms with Crippen LogP contribution in [-0.4, -0.2) is 19.7 Å². The van der Waals surface area contributed by atoms with E-state index in [-0.39, 0.29) is 0 Å². The highest BCUT2D eigenvalue weighted by Gasteiger charge is 2.17. The molecule has 0 aliphatic carbocycles. The highest BCUT2D eigenvalue weighted by Crippen LogP contribution is 2.28. The second-order valence-corrected chi connectivity index (χ2v) is 4.73. The maximum Gasteiger partial charge on any atom is 0.158 e. The average Bonchev–Trinajstić information content (AvgIpc) is 2.54. The first kappa shape index (κ1) is 12.0. The van der Waals surface area contributed by atoms with E-state index in [0.717, 1.165) is 17.0 Å². The zero-order valence-corrected chi connectivity index (χ0v) is 11.2. The number of aromatic nitrogens is 4. The van der Waals surface area contributed by atoms with Gasteiger partial charge in [0.05, 0.1) is 5.69 Å². The minimum atomic E-state index is 0.346. The molecule has 90 valence electrons. The molecule has 0 saturated carbocycles. The van der Waals surface area contributed by atoms with E-state index in [2.05, 4.69) is 28.9 Å². The molecule has 17 heavy (non-hydrogen) atoms. The Morgan fingerprint density at radius 1 is 1.24 bits per heavy atom. The summed E-state index contributed by atoms with van der Waals surface area (Å²) in [4.78, 5) is 8.25. The Kier molecular flexibility index (Phi) is 3.15. The first-order valence-corrected chi connectivity index (χ1v) is 5.92. The van der Waals surface area contributed by atoms with Gasteiger partial charge in [0.25, 0.3) is 0 Å². The average molecular weight is 251 g/mol. The number of halogens is 1. The molecule has 0 aromatic carbocycles. The van der Waals surface area contributed by atoms with Crippen molar-refractivity contribution in [3.8, 4) is 5.82 Å². The van der Waals surface area contributed by atoms with Gasteiger partial charge in [0.15, 0.2) is 5.82 Å². The Morgan fingerprint density at radius 2 is 1.94 bits per heavy atom. The molecular weight excluding hydrogens is 236 g/mol. The molecule has 0 amide bonds. The van der Waals surface area contributed by atoms with Crippen LogP contribution in [0.15, 0.2) is 12.4 Å². The fourth-order valence-corrected chi connectivity index (χ4v) is 2.35. The van der Waals surface area contributed by atoms with Gasteiger partial charge in [0, 0.05) is 17.3 Å². The van der Waals surface area contributed by atoms with Crippen LogP contribution in [0.3, 0.4) is 0 Å². The Balaban J connectivity index is 2.58. The van der Waals surface area contributed by atoms with Gasteiger partial charge in [0.2, 0.25) is 0 Å². The fourth-order valence-electron chi connectivity index (χ4n) is 1.88. The monoisotopic (exact) mass is 250 g/mol. The topological polar surface area (TPSA) is 43.6 Å². The summed E-state index contributed by atoms with van der Waals surface area (Å²) >= 11 is 6.35. The normalized spacial score (nSPS) is 11.2. The quantitative estimate of drug-likeness (QED) is 0.823. The van der Waals surface area contributed by atoms with E-state index in [9.17, 15) is 0 Å². The predicted molar refractivity (Wildman–Crippen MR) is 67.7 cm³/mol. The van der Waals surface area contributed by atoms with Gasteiger partial charge in [-0.05, 0) is 19.8 Å². The summed E-state index contributed by atoms with van der Waals surface area (Å²) in [7, 11) is 0. The molecule has 0 radical (unpaired) electrons. The third kappa shape index (κ3) is 2.17. The van der Waals surface area contributed by atoms with Crippen LogP contribution in [0.4, 0.5) is 0 Å². The Bertz CT molecular complexity index is 545. The summed E-state index contributed by atoms with van der Waals surface area (Å²) in [5.74, 6) is 1.05. The van der Waals surface area contributed by atoms with Gasteiger partial charge in [-0.15, -0.1) is 0 Å². The molecule has 0 N–H and O–H groups in total. The van der Waals surface area contributed by atoms with E-state index in [1.54, 1.807) is 4.68 Å². The number of hydrogen-bond donors (Lipinski definition) is 0. The van der Waals surface area contributed by atoms with Crippen molar-refractivity contribution in [2.75, 3.05) is 0 Å². The molecular formula is C12H15ClN4. The van der Waals surface area contributed by atoms with E-state index in [1.807, 2.05) is 19.9 Å². The lowest BCUT2D eigenvalue weighted by molar-refractivity contribution is 0.822. The largest absolute Gasteiger partial charge is 0.242 e. The number of nitrogens with zero attached hydrogens (tertiary/aromatic N) is 4. The molecule has 0 unspecified atom stereocenters. The minimum Gasteiger partial charge on any atom is -0.242 e. The summed E-state index contributed by atoms with van der Waals surface area (Å²) in [6, 6.07) is 1.86. The first-order chi connectivity index (χ1) is 8.00. The van der Waals surface area contributed by atoms with Crippen molar-refractivity contribution in [1.29, 1.82) is 0 Å². The molecule has 5 heteroatoms. The van der Waals surface area contributed by atoms with Crippen LogP contribution in [0.25, 0.3) is 5.82 Å². The molecule has 0 bridgehead atoms. The summed E-state index contributed by atoms with van der Waals surface area (Å²) in [6.45, 7) is 8.08. The Labute approximate surface area is 106 Å². The Hall–Kier alpha value is -1.42. The van der Waals surface area contributed by atoms with Crippen molar-refractivity contribution in [2.24, 2.45) is 0 Å². The zero-order chi connectivity index (χ0) is 12.6. The molecule has 0 spiro atoms. The molecule has 0 aliphatic heterocycles. The lowest BCUT2D eigenvalue weighted by atomic mass is 10.1. The van der Waals surface area contributed by atoms with Crippen LogP contribution >= 0.6 is 11.6 Å². The second-order valence-electron chi connectivity index (χ2n) is 4.37. The predicted octanol–water partition coefficient (Wildman–Crippen LogP) is 3.06. The molecule has 2 aromatic rings. The van der Waals surface area contributed by atoms with Gasteiger partial charge in [0.1, 0.15) is 11.5 Å². The van der Waals surface area contributed by atoms with Gasteiger partial charge in [-0.1, -0.05) is 25.4 Å². The van der Waals surface area contributed by atoms with Gasteiger partial charge in [-0.3, -0.25) is 0 Å². The van der Waals surface area contributed by atoms with Crippen molar-refractivity contribution in [1.82, 2.24) is 19.7 Å². The van der Waals surface area contributed by atoms with E-state index >= 15 is 0 Å². The maximum absolute atomic E-state index is 6.35. The molecule has 0 atom stereocenters. The molecule has 2 heterocycles. The zero-order valence-electron chi connectivity index (χ0n) is 10.4. The van der Waals surface area contributed by atoms with E-state index < -0.39 is 0 Å². The lowest BCUT2D eigenvalue weighted by Gasteiger charge is -2.05. The van der Waals surface area contributed by atoms with Gasteiger partial charge >= 0.3 is 0 Å². The number of rotatable bonds is 2. The third-order valence-corrected chi connectivity index (χ3v) is 3.00. The summed E-state index contributed by atoms with van der Waals surface area (Å²) in [5.41, 5.74) is 2.91. The highest BCUT2D eigenvalue weighted by molar-refractivity contribution is 6.30. The molecule has 2 aromatic heterocycles. The standard InChI is InChI=1S/C12H15ClN4/c1-7(2)11-9(4)16-17(12(11)13)10-5-8(3)14-6-15-10/h5-7H,1-4H3. The lowest BCUT2D eigenvalue weighted by Crippen LogP contribution is -2.01. The molecule has 0 fully saturated rings. The fraction of sp³-hybridized carbons (Fsp3) is 0.417. The van der Waals surface area contributed by atoms with Gasteiger partial charge < -0.3 is 0 Å². The SMILES string of the molecule is Cc1cc(-n2nc(C)c(C(C)C)c2Cl)ncn1. The van der Waals surface area contributed by atoms with E-state index in [1.165, 1.54) is 6.33 Å². The molecule has 0 aliphatic rings. The summed E-state index contributed by atoms with van der Waals surface area (Å²) < 4.78 is 1.67. The van der Waals surface area contributed by atoms with Crippen LogP contribution in [0.5, 0.6) is 0 Å². The maximum atomic E-state index is 6.35.